The third-order valence-electron chi connectivity index (χ3n) is 3.73. The second kappa shape index (κ2) is 3.98. The predicted octanol–water partition coefficient (Wildman–Crippen LogP) is 0.0619. The van der Waals surface area contributed by atoms with Crippen molar-refractivity contribution in [2.45, 2.75) is 37.8 Å². The van der Waals surface area contributed by atoms with Gasteiger partial charge in [0.25, 0.3) is 0 Å². The summed E-state index contributed by atoms with van der Waals surface area (Å²) >= 11 is 0. The standard InChI is InChI=1S/C11H16O5/c12-4-1-5-14-11-9-7-3-2-6(15-7)8(9)10(13)16-11/h6-9,11-12H,1-5H2/t6-,7+,8-,9+,11+/m1/s1. The molecular formula is C11H16O5. The van der Waals surface area contributed by atoms with Crippen LogP contribution in [0.25, 0.3) is 0 Å². The summed E-state index contributed by atoms with van der Waals surface area (Å²) in [4.78, 5) is 11.7. The number of carbonyl (C=O) groups excluding carboxylic acids is 1. The maximum atomic E-state index is 11.7. The number of carbonyl (C=O) groups is 1. The van der Waals surface area contributed by atoms with Crippen molar-refractivity contribution in [1.29, 1.82) is 0 Å². The quantitative estimate of drug-likeness (QED) is 0.544. The fourth-order valence-electron chi connectivity index (χ4n) is 3.05. The van der Waals surface area contributed by atoms with Crippen molar-refractivity contribution in [2.24, 2.45) is 11.8 Å². The first-order valence-corrected chi connectivity index (χ1v) is 5.89. The van der Waals surface area contributed by atoms with Gasteiger partial charge in [0.05, 0.1) is 30.7 Å². The summed E-state index contributed by atoms with van der Waals surface area (Å²) in [6.45, 7) is 0.520. The molecule has 0 aromatic heterocycles. The van der Waals surface area contributed by atoms with E-state index < -0.39 is 6.29 Å². The third-order valence-corrected chi connectivity index (χ3v) is 3.73. The summed E-state index contributed by atoms with van der Waals surface area (Å²) in [6.07, 6.45) is 2.25. The maximum Gasteiger partial charge on any atom is 0.314 e. The lowest BCUT2D eigenvalue weighted by Crippen LogP contribution is -2.32. The van der Waals surface area contributed by atoms with Crippen molar-refractivity contribution in [3.8, 4) is 0 Å². The van der Waals surface area contributed by atoms with Crippen molar-refractivity contribution < 1.29 is 24.1 Å². The number of aliphatic hydroxyl groups is 1. The summed E-state index contributed by atoms with van der Waals surface area (Å²) in [5.41, 5.74) is 0. The van der Waals surface area contributed by atoms with E-state index in [1.54, 1.807) is 0 Å². The lowest BCUT2D eigenvalue weighted by atomic mass is 9.81. The second-order valence-electron chi connectivity index (χ2n) is 4.65. The van der Waals surface area contributed by atoms with Crippen LogP contribution in [-0.4, -0.2) is 42.8 Å². The Kier molecular flexibility index (Phi) is 2.61. The van der Waals surface area contributed by atoms with Crippen molar-refractivity contribution >= 4 is 5.97 Å². The first-order chi connectivity index (χ1) is 7.81. The Labute approximate surface area is 93.7 Å². The first kappa shape index (κ1) is 10.5. The van der Waals surface area contributed by atoms with Gasteiger partial charge in [-0.15, -0.1) is 0 Å². The number of hydrogen-bond donors (Lipinski definition) is 1. The summed E-state index contributed by atoms with van der Waals surface area (Å²) in [5, 5.41) is 8.67. The molecule has 5 nitrogen and oxygen atoms in total. The Hall–Kier alpha value is -0.650. The molecule has 0 aromatic carbocycles. The molecule has 3 heterocycles. The molecule has 5 heteroatoms. The molecule has 2 bridgehead atoms. The smallest absolute Gasteiger partial charge is 0.314 e. The fourth-order valence-corrected chi connectivity index (χ4v) is 3.05. The van der Waals surface area contributed by atoms with Gasteiger partial charge in [-0.05, 0) is 19.3 Å². The highest BCUT2D eigenvalue weighted by atomic mass is 16.7. The van der Waals surface area contributed by atoms with Gasteiger partial charge in [0, 0.05) is 6.61 Å². The summed E-state index contributed by atoms with van der Waals surface area (Å²) in [5.74, 6) is -0.214. The molecule has 16 heavy (non-hydrogen) atoms. The number of rotatable bonds is 4. The summed E-state index contributed by atoms with van der Waals surface area (Å²) in [7, 11) is 0. The van der Waals surface area contributed by atoms with E-state index in [4.69, 9.17) is 19.3 Å². The molecule has 3 fully saturated rings. The SMILES string of the molecule is O=C1O[C@H](OCCCO)[C@@H]2[C@H]1[C@H]1CC[C@@H]2O1. The van der Waals surface area contributed by atoms with Gasteiger partial charge < -0.3 is 19.3 Å². The van der Waals surface area contributed by atoms with Crippen molar-refractivity contribution in [3.63, 3.8) is 0 Å². The van der Waals surface area contributed by atoms with E-state index in [2.05, 4.69) is 0 Å². The molecule has 1 N–H and O–H groups in total. The normalized spacial score (nSPS) is 44.8. The van der Waals surface area contributed by atoms with Gasteiger partial charge in [0.15, 0.2) is 0 Å². The van der Waals surface area contributed by atoms with E-state index in [9.17, 15) is 4.79 Å². The molecule has 0 radical (unpaired) electrons. The number of ether oxygens (including phenoxy) is 3. The zero-order valence-electron chi connectivity index (χ0n) is 9.00. The molecule has 5 atom stereocenters. The van der Waals surface area contributed by atoms with Crippen LogP contribution in [0.1, 0.15) is 19.3 Å². The van der Waals surface area contributed by atoms with Crippen LogP contribution in [0.4, 0.5) is 0 Å². The van der Waals surface area contributed by atoms with E-state index >= 15 is 0 Å². The van der Waals surface area contributed by atoms with Crippen molar-refractivity contribution in [3.05, 3.63) is 0 Å². The Bertz CT molecular complexity index is 292. The lowest BCUT2D eigenvalue weighted by molar-refractivity contribution is -0.175. The Morgan fingerprint density at radius 3 is 3.00 bits per heavy atom. The number of aliphatic hydroxyl groups excluding tert-OH is 1. The van der Waals surface area contributed by atoms with Crippen LogP contribution < -0.4 is 0 Å². The highest BCUT2D eigenvalue weighted by molar-refractivity contribution is 5.76. The average molecular weight is 228 g/mol. The molecule has 0 amide bonds. The zero-order chi connectivity index (χ0) is 11.1. The average Bonchev–Trinajstić information content (AvgIpc) is 2.92. The van der Waals surface area contributed by atoms with Crippen LogP contribution in [-0.2, 0) is 19.0 Å². The van der Waals surface area contributed by atoms with Gasteiger partial charge in [-0.2, -0.15) is 0 Å². The minimum Gasteiger partial charge on any atom is -0.435 e. The highest BCUT2D eigenvalue weighted by Gasteiger charge is 2.61. The number of cyclic esters (lactones) is 1. The van der Waals surface area contributed by atoms with Gasteiger partial charge in [0.2, 0.25) is 6.29 Å². The van der Waals surface area contributed by atoms with Crippen LogP contribution in [0.3, 0.4) is 0 Å². The number of fused-ring (bicyclic) bond motifs is 5. The summed E-state index contributed by atoms with van der Waals surface area (Å²) in [6, 6.07) is 0. The van der Waals surface area contributed by atoms with E-state index in [0.717, 1.165) is 12.8 Å². The highest BCUT2D eigenvalue weighted by Crippen LogP contribution is 2.49. The van der Waals surface area contributed by atoms with Crippen LogP contribution in [0.15, 0.2) is 0 Å². The Morgan fingerprint density at radius 1 is 1.38 bits per heavy atom. The van der Waals surface area contributed by atoms with E-state index in [1.165, 1.54) is 0 Å². The van der Waals surface area contributed by atoms with Gasteiger partial charge in [-0.25, -0.2) is 0 Å². The zero-order valence-corrected chi connectivity index (χ0v) is 9.00. The van der Waals surface area contributed by atoms with Crippen LogP contribution >= 0.6 is 0 Å². The topological polar surface area (TPSA) is 65.0 Å². The van der Waals surface area contributed by atoms with Gasteiger partial charge >= 0.3 is 5.97 Å². The molecular weight excluding hydrogens is 212 g/mol. The molecule has 0 aliphatic carbocycles. The fraction of sp³-hybridized carbons (Fsp3) is 0.909. The molecule has 0 saturated carbocycles. The third kappa shape index (κ3) is 1.46. The number of esters is 1. The van der Waals surface area contributed by atoms with Gasteiger partial charge in [0.1, 0.15) is 0 Å². The van der Waals surface area contributed by atoms with E-state index in [0.29, 0.717) is 13.0 Å². The van der Waals surface area contributed by atoms with E-state index in [1.807, 2.05) is 0 Å². The molecule has 0 aromatic rings. The molecule has 0 unspecified atom stereocenters. The lowest BCUT2D eigenvalue weighted by Gasteiger charge is -2.21. The Morgan fingerprint density at radius 2 is 2.19 bits per heavy atom. The van der Waals surface area contributed by atoms with Crippen LogP contribution in [0, 0.1) is 11.8 Å². The van der Waals surface area contributed by atoms with Crippen LogP contribution in [0.2, 0.25) is 0 Å². The van der Waals surface area contributed by atoms with Crippen LogP contribution in [0.5, 0.6) is 0 Å². The first-order valence-electron chi connectivity index (χ1n) is 5.89. The number of hydrogen-bond acceptors (Lipinski definition) is 5. The molecule has 3 aliphatic rings. The predicted molar refractivity (Wildman–Crippen MR) is 52.4 cm³/mol. The Balaban J connectivity index is 1.66. The second-order valence-corrected chi connectivity index (χ2v) is 4.65. The van der Waals surface area contributed by atoms with Gasteiger partial charge in [-0.3, -0.25) is 4.79 Å². The maximum absolute atomic E-state index is 11.7. The monoisotopic (exact) mass is 228 g/mol. The van der Waals surface area contributed by atoms with Crippen molar-refractivity contribution in [1.82, 2.24) is 0 Å². The minimum absolute atomic E-state index is 0.0499. The van der Waals surface area contributed by atoms with Gasteiger partial charge in [-0.1, -0.05) is 0 Å². The van der Waals surface area contributed by atoms with Crippen molar-refractivity contribution in [2.75, 3.05) is 13.2 Å². The minimum atomic E-state index is -0.459. The molecule has 90 valence electrons. The summed E-state index contributed by atoms with van der Waals surface area (Å²) < 4.78 is 16.4. The molecule has 3 aliphatic heterocycles. The molecule has 3 rings (SSSR count). The molecule has 3 saturated heterocycles. The molecule has 0 spiro atoms. The largest absolute Gasteiger partial charge is 0.435 e. The van der Waals surface area contributed by atoms with E-state index in [-0.39, 0.29) is 36.6 Å².